The minimum absolute atomic E-state index is 0.0864. The van der Waals surface area contributed by atoms with Crippen molar-refractivity contribution in [3.63, 3.8) is 0 Å². The molecule has 0 radical (unpaired) electrons. The normalized spacial score (nSPS) is 11.5. The summed E-state index contributed by atoms with van der Waals surface area (Å²) < 4.78 is 0. The van der Waals surface area contributed by atoms with Crippen LogP contribution in [0.2, 0.25) is 0 Å². The number of rotatable bonds is 17. The summed E-state index contributed by atoms with van der Waals surface area (Å²) in [6.07, 6.45) is 20.7. The number of aromatic nitrogens is 3. The third-order valence-electron chi connectivity index (χ3n) is 5.89. The Bertz CT molecular complexity index is 491. The van der Waals surface area contributed by atoms with E-state index in [0.717, 1.165) is 32.1 Å². The van der Waals surface area contributed by atoms with Crippen LogP contribution in [0, 0.1) is 5.41 Å². The van der Waals surface area contributed by atoms with E-state index in [1.165, 1.54) is 76.9 Å². The second kappa shape index (κ2) is 15.4. The van der Waals surface area contributed by atoms with Gasteiger partial charge in [0.2, 0.25) is 11.9 Å². The molecule has 0 aromatic carbocycles. The Labute approximate surface area is 172 Å². The van der Waals surface area contributed by atoms with Crippen LogP contribution in [0.15, 0.2) is 12.7 Å². The molecule has 0 aliphatic heterocycles. The smallest absolute Gasteiger partial charge is 0.232 e. The molecule has 5 nitrogen and oxygen atoms in total. The number of carbonyl (C=O) groups is 1. The highest BCUT2D eigenvalue weighted by Crippen LogP contribution is 2.36. The van der Waals surface area contributed by atoms with E-state index >= 15 is 0 Å². The van der Waals surface area contributed by atoms with Gasteiger partial charge in [0, 0.05) is 5.41 Å². The van der Waals surface area contributed by atoms with Gasteiger partial charge in [-0.25, -0.2) is 15.0 Å². The monoisotopic (exact) mass is 390 g/mol. The van der Waals surface area contributed by atoms with Crippen molar-refractivity contribution in [2.45, 2.75) is 117 Å². The molecule has 1 N–H and O–H groups in total. The molecule has 0 atom stereocenters. The zero-order valence-electron chi connectivity index (χ0n) is 18.5. The third-order valence-corrected chi connectivity index (χ3v) is 5.89. The fourth-order valence-electron chi connectivity index (χ4n) is 3.89. The second-order valence-electron chi connectivity index (χ2n) is 8.09. The first kappa shape index (κ1) is 24.5. The van der Waals surface area contributed by atoms with Gasteiger partial charge in [-0.3, -0.25) is 10.1 Å². The number of nitrogens with zero attached hydrogens (tertiary/aromatic N) is 3. The number of unbranched alkanes of at least 4 members (excludes halogenated alkanes) is 10. The molecular weight excluding hydrogens is 348 g/mol. The summed E-state index contributed by atoms with van der Waals surface area (Å²) in [4.78, 5) is 25.2. The Kier molecular flexibility index (Phi) is 13.5. The van der Waals surface area contributed by atoms with Crippen molar-refractivity contribution in [3.8, 4) is 0 Å². The van der Waals surface area contributed by atoms with Gasteiger partial charge in [-0.15, -0.1) is 0 Å². The first-order valence-electron chi connectivity index (χ1n) is 11.6. The van der Waals surface area contributed by atoms with Crippen LogP contribution in [0.25, 0.3) is 0 Å². The Morgan fingerprint density at radius 1 is 0.786 bits per heavy atom. The lowest BCUT2D eigenvalue weighted by molar-refractivity contribution is -0.127. The van der Waals surface area contributed by atoms with E-state index in [0.29, 0.717) is 5.95 Å². The standard InChI is InChI=1S/C23H42N4O/c1-4-7-9-11-13-15-17-23(6-3,18-16-14-12-10-8-5-2)21(28)27-22-25-19-24-20-26-22/h19-20H,4-18H2,1-3H3,(H,24,25,26,27,28). The van der Waals surface area contributed by atoms with Gasteiger partial charge in [-0.1, -0.05) is 97.8 Å². The van der Waals surface area contributed by atoms with Gasteiger partial charge in [0.05, 0.1) is 0 Å². The maximum Gasteiger partial charge on any atom is 0.232 e. The Balaban J connectivity index is 2.62. The van der Waals surface area contributed by atoms with Crippen molar-refractivity contribution in [1.82, 2.24) is 15.0 Å². The Hall–Kier alpha value is -1.52. The lowest BCUT2D eigenvalue weighted by Gasteiger charge is -2.31. The summed E-state index contributed by atoms with van der Waals surface area (Å²) in [5, 5.41) is 2.96. The molecule has 0 bridgehead atoms. The van der Waals surface area contributed by atoms with E-state index in [-0.39, 0.29) is 11.3 Å². The van der Waals surface area contributed by atoms with Gasteiger partial charge >= 0.3 is 0 Å². The average Bonchev–Trinajstić information content (AvgIpc) is 2.72. The molecule has 0 saturated heterocycles. The molecule has 160 valence electrons. The number of carbonyl (C=O) groups excluding carboxylic acids is 1. The van der Waals surface area contributed by atoms with Crippen LogP contribution >= 0.6 is 0 Å². The van der Waals surface area contributed by atoms with Gasteiger partial charge in [-0.05, 0) is 19.3 Å². The van der Waals surface area contributed by atoms with Gasteiger partial charge < -0.3 is 0 Å². The average molecular weight is 391 g/mol. The Morgan fingerprint density at radius 3 is 1.71 bits per heavy atom. The summed E-state index contributed by atoms with van der Waals surface area (Å²) in [6.45, 7) is 6.64. The van der Waals surface area contributed by atoms with Crippen molar-refractivity contribution >= 4 is 11.9 Å². The molecule has 0 unspecified atom stereocenters. The lowest BCUT2D eigenvalue weighted by atomic mass is 9.75. The van der Waals surface area contributed by atoms with Gasteiger partial charge in [0.15, 0.2) is 0 Å². The molecule has 0 aliphatic rings. The highest BCUT2D eigenvalue weighted by molar-refractivity contribution is 5.93. The number of amides is 1. The van der Waals surface area contributed by atoms with Crippen molar-refractivity contribution in [2.75, 3.05) is 5.32 Å². The predicted octanol–water partition coefficient (Wildman–Crippen LogP) is 6.71. The number of anilines is 1. The second-order valence-corrected chi connectivity index (χ2v) is 8.09. The highest BCUT2D eigenvalue weighted by atomic mass is 16.2. The van der Waals surface area contributed by atoms with Crippen molar-refractivity contribution < 1.29 is 4.79 Å². The van der Waals surface area contributed by atoms with E-state index in [1.54, 1.807) is 0 Å². The molecule has 5 heteroatoms. The molecule has 28 heavy (non-hydrogen) atoms. The van der Waals surface area contributed by atoms with Crippen LogP contribution in [0.4, 0.5) is 5.95 Å². The zero-order chi connectivity index (χ0) is 20.5. The fourth-order valence-corrected chi connectivity index (χ4v) is 3.89. The zero-order valence-corrected chi connectivity index (χ0v) is 18.5. The molecule has 0 spiro atoms. The van der Waals surface area contributed by atoms with Crippen LogP contribution < -0.4 is 5.32 Å². The summed E-state index contributed by atoms with van der Waals surface area (Å²) in [6, 6.07) is 0. The van der Waals surface area contributed by atoms with Crippen molar-refractivity contribution in [2.24, 2.45) is 5.41 Å². The van der Waals surface area contributed by atoms with E-state index in [1.807, 2.05) is 0 Å². The SMILES string of the molecule is CCCCCCCCC(CC)(CCCCCCCC)C(=O)Nc1ncncn1. The number of nitrogens with one attached hydrogen (secondary N) is 1. The third kappa shape index (κ3) is 9.61. The molecule has 1 heterocycles. The highest BCUT2D eigenvalue weighted by Gasteiger charge is 2.35. The molecule has 1 rings (SSSR count). The molecule has 1 aromatic heterocycles. The largest absolute Gasteiger partial charge is 0.294 e. The minimum Gasteiger partial charge on any atom is -0.294 e. The molecule has 0 fully saturated rings. The number of hydrogen-bond acceptors (Lipinski definition) is 4. The molecular formula is C23H42N4O. The summed E-state index contributed by atoms with van der Waals surface area (Å²) in [7, 11) is 0. The van der Waals surface area contributed by atoms with Gasteiger partial charge in [-0.2, -0.15) is 0 Å². The molecule has 0 aliphatic carbocycles. The van der Waals surface area contributed by atoms with Crippen LogP contribution in [-0.4, -0.2) is 20.9 Å². The van der Waals surface area contributed by atoms with Crippen LogP contribution in [0.5, 0.6) is 0 Å². The van der Waals surface area contributed by atoms with Crippen LogP contribution in [0.3, 0.4) is 0 Å². The first-order chi connectivity index (χ1) is 13.7. The van der Waals surface area contributed by atoms with Crippen LogP contribution in [-0.2, 0) is 4.79 Å². The van der Waals surface area contributed by atoms with E-state index in [2.05, 4.69) is 41.0 Å². The summed E-state index contributed by atoms with van der Waals surface area (Å²) in [5.41, 5.74) is -0.303. The van der Waals surface area contributed by atoms with Crippen molar-refractivity contribution in [3.05, 3.63) is 12.7 Å². The molecule has 0 saturated carbocycles. The summed E-state index contributed by atoms with van der Waals surface area (Å²) in [5.74, 6) is 0.451. The maximum atomic E-state index is 13.2. The Morgan fingerprint density at radius 2 is 1.25 bits per heavy atom. The number of hydrogen-bond donors (Lipinski definition) is 1. The lowest BCUT2D eigenvalue weighted by Crippen LogP contribution is -2.36. The minimum atomic E-state index is -0.303. The summed E-state index contributed by atoms with van der Waals surface area (Å²) >= 11 is 0. The van der Waals surface area contributed by atoms with Crippen molar-refractivity contribution in [1.29, 1.82) is 0 Å². The maximum absolute atomic E-state index is 13.2. The predicted molar refractivity (Wildman–Crippen MR) is 117 cm³/mol. The fraction of sp³-hybridized carbons (Fsp3) is 0.826. The molecule has 1 aromatic rings. The molecule has 1 amide bonds. The first-order valence-corrected chi connectivity index (χ1v) is 11.6. The van der Waals surface area contributed by atoms with Gasteiger partial charge in [0.25, 0.3) is 0 Å². The van der Waals surface area contributed by atoms with Gasteiger partial charge in [0.1, 0.15) is 12.7 Å². The topological polar surface area (TPSA) is 67.8 Å². The van der Waals surface area contributed by atoms with E-state index < -0.39 is 0 Å². The quantitative estimate of drug-likeness (QED) is 0.300. The van der Waals surface area contributed by atoms with Crippen LogP contribution in [0.1, 0.15) is 117 Å². The van der Waals surface area contributed by atoms with E-state index in [9.17, 15) is 4.79 Å². The van der Waals surface area contributed by atoms with E-state index in [4.69, 9.17) is 0 Å².